The van der Waals surface area contributed by atoms with Gasteiger partial charge in [-0.1, -0.05) is 78.9 Å². The first-order valence-electron chi connectivity index (χ1n) is 14.1. The highest BCUT2D eigenvalue weighted by Gasteiger charge is 2.31. The summed E-state index contributed by atoms with van der Waals surface area (Å²) >= 11 is 0. The van der Waals surface area contributed by atoms with Gasteiger partial charge in [0.2, 0.25) is 21.8 Å². The van der Waals surface area contributed by atoms with Gasteiger partial charge in [-0.05, 0) is 60.2 Å². The Hall–Kier alpha value is -4.34. The summed E-state index contributed by atoms with van der Waals surface area (Å²) in [5.41, 5.74) is 3.17. The molecule has 216 valence electrons. The van der Waals surface area contributed by atoms with E-state index in [1.54, 1.807) is 35.4 Å². The Morgan fingerprint density at radius 2 is 1.50 bits per heavy atom. The van der Waals surface area contributed by atoms with E-state index in [9.17, 15) is 18.0 Å². The molecule has 0 bridgehead atoms. The zero-order valence-corrected chi connectivity index (χ0v) is 24.0. The maximum Gasteiger partial charge on any atom is 0.247 e. The van der Waals surface area contributed by atoms with Gasteiger partial charge >= 0.3 is 0 Å². The largest absolute Gasteiger partial charge is 0.348 e. The second kappa shape index (κ2) is 13.5. The SMILES string of the molecule is O=C(NCc1ccccn1)[C@@H](c1ccccc1)N(Cc1ccccc1)C(=O)CCc1ccc(S(=O)(=O)NC2CC2)cc1. The van der Waals surface area contributed by atoms with Gasteiger partial charge in [-0.15, -0.1) is 0 Å². The molecule has 0 unspecified atom stereocenters. The highest BCUT2D eigenvalue weighted by Crippen LogP contribution is 2.26. The molecular weight excluding hydrogens is 548 g/mol. The van der Waals surface area contributed by atoms with E-state index in [-0.39, 0.29) is 42.3 Å². The molecule has 1 atom stereocenters. The average molecular weight is 583 g/mol. The standard InChI is InChI=1S/C33H34N4O4S/c38-31(21-16-25-14-19-30(20-15-25)42(40,41)36-28-17-18-28)37(24-26-9-3-1-4-10-26)32(27-11-5-2-6-12-27)33(39)35-23-29-13-7-8-22-34-29/h1-15,19-20,22,28,32,36H,16-18,21,23-24H2,(H,35,39)/t32-/m1/s1. The number of amides is 2. The van der Waals surface area contributed by atoms with Gasteiger partial charge in [0.15, 0.2) is 0 Å². The van der Waals surface area contributed by atoms with Gasteiger partial charge in [0.05, 0.1) is 17.1 Å². The molecule has 1 aliphatic rings. The van der Waals surface area contributed by atoms with Crippen molar-refractivity contribution in [3.63, 3.8) is 0 Å². The maximum absolute atomic E-state index is 13.9. The number of nitrogens with one attached hydrogen (secondary N) is 2. The van der Waals surface area contributed by atoms with Crippen molar-refractivity contribution in [3.8, 4) is 0 Å². The lowest BCUT2D eigenvalue weighted by atomic mass is 10.0. The number of sulfonamides is 1. The molecule has 2 N–H and O–H groups in total. The number of hydrogen-bond acceptors (Lipinski definition) is 5. The molecule has 0 radical (unpaired) electrons. The van der Waals surface area contributed by atoms with Crippen molar-refractivity contribution >= 4 is 21.8 Å². The Balaban J connectivity index is 1.35. The Morgan fingerprint density at radius 1 is 0.833 bits per heavy atom. The van der Waals surface area contributed by atoms with Crippen molar-refractivity contribution in [1.82, 2.24) is 19.9 Å². The lowest BCUT2D eigenvalue weighted by Crippen LogP contribution is -2.43. The lowest BCUT2D eigenvalue weighted by Gasteiger charge is -2.32. The van der Waals surface area contributed by atoms with Crippen molar-refractivity contribution in [3.05, 3.63) is 132 Å². The van der Waals surface area contributed by atoms with Crippen molar-refractivity contribution in [1.29, 1.82) is 0 Å². The quantitative estimate of drug-likeness (QED) is 0.241. The van der Waals surface area contributed by atoms with E-state index in [1.807, 2.05) is 78.9 Å². The number of carbonyl (C=O) groups excluding carboxylic acids is 2. The Morgan fingerprint density at radius 3 is 2.14 bits per heavy atom. The zero-order chi connectivity index (χ0) is 29.4. The van der Waals surface area contributed by atoms with Crippen molar-refractivity contribution in [2.24, 2.45) is 0 Å². The number of nitrogens with zero attached hydrogens (tertiary/aromatic N) is 2. The third kappa shape index (κ3) is 7.90. The monoisotopic (exact) mass is 582 g/mol. The first kappa shape index (κ1) is 29.2. The molecule has 2 amide bonds. The molecule has 1 aliphatic carbocycles. The molecule has 1 fully saturated rings. The first-order valence-corrected chi connectivity index (χ1v) is 15.5. The number of carbonyl (C=O) groups is 2. The van der Waals surface area contributed by atoms with Crippen LogP contribution in [0, 0.1) is 0 Å². The smallest absolute Gasteiger partial charge is 0.247 e. The second-order valence-corrected chi connectivity index (χ2v) is 12.1. The van der Waals surface area contributed by atoms with Crippen LogP contribution in [0.25, 0.3) is 0 Å². The van der Waals surface area contributed by atoms with E-state index < -0.39 is 16.1 Å². The molecule has 0 spiro atoms. The van der Waals surface area contributed by atoms with Crippen LogP contribution in [0.5, 0.6) is 0 Å². The summed E-state index contributed by atoms with van der Waals surface area (Å²) in [7, 11) is -3.54. The van der Waals surface area contributed by atoms with Gasteiger partial charge in [0.25, 0.3) is 0 Å². The van der Waals surface area contributed by atoms with Crippen molar-refractivity contribution in [2.75, 3.05) is 0 Å². The fourth-order valence-corrected chi connectivity index (χ4v) is 6.01. The molecule has 4 aromatic rings. The number of pyridine rings is 1. The van der Waals surface area contributed by atoms with Crippen LogP contribution < -0.4 is 10.0 Å². The topological polar surface area (TPSA) is 108 Å². The van der Waals surface area contributed by atoms with Crippen LogP contribution in [0.4, 0.5) is 0 Å². The van der Waals surface area contributed by atoms with E-state index in [2.05, 4.69) is 15.0 Å². The molecule has 0 saturated heterocycles. The molecule has 1 aromatic heterocycles. The molecule has 8 nitrogen and oxygen atoms in total. The molecule has 0 aliphatic heterocycles. The van der Waals surface area contributed by atoms with Crippen molar-refractivity contribution < 1.29 is 18.0 Å². The predicted molar refractivity (Wildman–Crippen MR) is 160 cm³/mol. The summed E-state index contributed by atoms with van der Waals surface area (Å²) in [4.78, 5) is 33.8. The minimum atomic E-state index is -3.54. The third-order valence-corrected chi connectivity index (χ3v) is 8.66. The van der Waals surface area contributed by atoms with Crippen LogP contribution in [0.15, 0.2) is 114 Å². The van der Waals surface area contributed by atoms with Crippen LogP contribution in [-0.2, 0) is 39.1 Å². The molecule has 42 heavy (non-hydrogen) atoms. The number of aromatic nitrogens is 1. The van der Waals surface area contributed by atoms with E-state index >= 15 is 0 Å². The van der Waals surface area contributed by atoms with Gasteiger partial charge in [-0.25, -0.2) is 13.1 Å². The Labute approximate surface area is 246 Å². The highest BCUT2D eigenvalue weighted by molar-refractivity contribution is 7.89. The molecule has 1 heterocycles. The fourth-order valence-electron chi connectivity index (χ4n) is 4.71. The summed E-state index contributed by atoms with van der Waals surface area (Å²) < 4.78 is 27.7. The maximum atomic E-state index is 13.9. The third-order valence-electron chi connectivity index (χ3n) is 7.12. The van der Waals surface area contributed by atoms with Crippen molar-refractivity contribution in [2.45, 2.75) is 55.8 Å². The van der Waals surface area contributed by atoms with E-state index in [0.717, 1.165) is 29.7 Å². The Bertz CT molecular complexity index is 1580. The molecule has 9 heteroatoms. The molecular formula is C33H34N4O4S. The first-order chi connectivity index (χ1) is 20.4. The van der Waals surface area contributed by atoms with Gasteiger partial charge in [0.1, 0.15) is 6.04 Å². The fraction of sp³-hybridized carbons (Fsp3) is 0.242. The zero-order valence-electron chi connectivity index (χ0n) is 23.2. The number of rotatable bonds is 13. The summed E-state index contributed by atoms with van der Waals surface area (Å²) in [5.74, 6) is -0.485. The van der Waals surface area contributed by atoms with E-state index in [1.165, 1.54) is 0 Å². The molecule has 1 saturated carbocycles. The second-order valence-electron chi connectivity index (χ2n) is 10.4. The van der Waals surface area contributed by atoms with Gasteiger partial charge in [0, 0.05) is 25.2 Å². The lowest BCUT2D eigenvalue weighted by molar-refractivity contribution is -0.141. The summed E-state index contributed by atoms with van der Waals surface area (Å²) in [5, 5.41) is 2.97. The van der Waals surface area contributed by atoms with Crippen LogP contribution in [0.1, 0.15) is 47.7 Å². The number of hydrogen-bond donors (Lipinski definition) is 2. The van der Waals surface area contributed by atoms with Gasteiger partial charge in [-0.2, -0.15) is 0 Å². The number of benzene rings is 3. The summed E-state index contributed by atoms with van der Waals surface area (Å²) in [6.07, 6.45) is 3.95. The van der Waals surface area contributed by atoms with E-state index in [4.69, 9.17) is 0 Å². The molecule has 3 aromatic carbocycles. The Kier molecular flexibility index (Phi) is 9.41. The van der Waals surface area contributed by atoms with Crippen LogP contribution in [0.2, 0.25) is 0 Å². The minimum Gasteiger partial charge on any atom is -0.348 e. The summed E-state index contributed by atoms with van der Waals surface area (Å²) in [6, 6.07) is 30.2. The van der Waals surface area contributed by atoms with Crippen LogP contribution >= 0.6 is 0 Å². The highest BCUT2D eigenvalue weighted by atomic mass is 32.2. The number of aryl methyl sites for hydroxylation is 1. The normalized spacial score (nSPS) is 13.7. The van der Waals surface area contributed by atoms with Gasteiger partial charge in [-0.3, -0.25) is 14.6 Å². The minimum absolute atomic E-state index is 0.0293. The summed E-state index contributed by atoms with van der Waals surface area (Å²) in [6.45, 7) is 0.488. The predicted octanol–water partition coefficient (Wildman–Crippen LogP) is 4.54. The van der Waals surface area contributed by atoms with Gasteiger partial charge < -0.3 is 10.2 Å². The van der Waals surface area contributed by atoms with E-state index in [0.29, 0.717) is 12.0 Å². The van der Waals surface area contributed by atoms with Crippen LogP contribution in [0.3, 0.4) is 0 Å². The van der Waals surface area contributed by atoms with Crippen LogP contribution in [-0.4, -0.2) is 36.2 Å². The average Bonchev–Trinajstić information content (AvgIpc) is 3.83. The molecule has 5 rings (SSSR count).